The second-order valence-electron chi connectivity index (χ2n) is 4.75. The Bertz CT molecular complexity index is 847. The summed E-state index contributed by atoms with van der Waals surface area (Å²) >= 11 is 0. The van der Waals surface area contributed by atoms with E-state index in [2.05, 4.69) is 15.3 Å². The first-order chi connectivity index (χ1) is 11.2. The topological polar surface area (TPSA) is 73.3 Å². The van der Waals surface area contributed by atoms with Crippen molar-refractivity contribution >= 4 is 22.6 Å². The van der Waals surface area contributed by atoms with E-state index < -0.39 is 0 Å². The summed E-state index contributed by atoms with van der Waals surface area (Å²) in [6, 6.07) is 14.3. The lowest BCUT2D eigenvalue weighted by Crippen LogP contribution is -2.16. The third kappa shape index (κ3) is 3.06. The summed E-state index contributed by atoms with van der Waals surface area (Å²) in [5.74, 6) is 0.519. The van der Waals surface area contributed by atoms with Crippen LogP contribution in [0.15, 0.2) is 48.5 Å². The molecule has 0 radical (unpaired) electrons. The van der Waals surface area contributed by atoms with Crippen LogP contribution < -0.4 is 14.8 Å². The van der Waals surface area contributed by atoms with Crippen molar-refractivity contribution in [1.82, 2.24) is 9.97 Å². The molecule has 0 bridgehead atoms. The molecule has 1 aromatic heterocycles. The van der Waals surface area contributed by atoms with Gasteiger partial charge in [-0.1, -0.05) is 12.1 Å². The number of fused-ring (bicyclic) bond motifs is 1. The van der Waals surface area contributed by atoms with Gasteiger partial charge in [-0.3, -0.25) is 4.79 Å². The van der Waals surface area contributed by atoms with E-state index in [1.165, 1.54) is 7.11 Å². The maximum absolute atomic E-state index is 12.5. The summed E-state index contributed by atoms with van der Waals surface area (Å²) in [4.78, 5) is 21.1. The molecular weight excluding hydrogens is 294 g/mol. The van der Waals surface area contributed by atoms with E-state index in [1.54, 1.807) is 37.4 Å². The molecule has 0 atom stereocenters. The Morgan fingerprint density at radius 1 is 0.913 bits per heavy atom. The molecule has 0 aliphatic carbocycles. The van der Waals surface area contributed by atoms with Gasteiger partial charge in [0.1, 0.15) is 5.75 Å². The van der Waals surface area contributed by atoms with E-state index in [0.29, 0.717) is 22.5 Å². The SMILES string of the molecule is COc1ccc(NC(=O)c2nc3ccccc3nc2OC)cc1. The minimum atomic E-state index is -0.384. The average molecular weight is 309 g/mol. The van der Waals surface area contributed by atoms with Crippen molar-refractivity contribution in [2.24, 2.45) is 0 Å². The van der Waals surface area contributed by atoms with Crippen molar-refractivity contribution in [3.8, 4) is 11.6 Å². The lowest BCUT2D eigenvalue weighted by atomic mass is 10.2. The molecule has 3 rings (SSSR count). The number of hydrogen-bond donors (Lipinski definition) is 1. The van der Waals surface area contributed by atoms with Crippen LogP contribution in [0, 0.1) is 0 Å². The fourth-order valence-corrected chi connectivity index (χ4v) is 2.14. The van der Waals surface area contributed by atoms with Gasteiger partial charge in [-0.05, 0) is 36.4 Å². The Balaban J connectivity index is 1.92. The van der Waals surface area contributed by atoms with Gasteiger partial charge in [-0.2, -0.15) is 0 Å². The van der Waals surface area contributed by atoms with Gasteiger partial charge in [0, 0.05) is 5.69 Å². The number of benzene rings is 2. The van der Waals surface area contributed by atoms with E-state index in [4.69, 9.17) is 9.47 Å². The molecule has 0 saturated carbocycles. The molecule has 0 fully saturated rings. The van der Waals surface area contributed by atoms with E-state index in [-0.39, 0.29) is 17.5 Å². The van der Waals surface area contributed by atoms with Crippen LogP contribution in [0.4, 0.5) is 5.69 Å². The van der Waals surface area contributed by atoms with Crippen molar-refractivity contribution in [1.29, 1.82) is 0 Å². The number of nitrogens with one attached hydrogen (secondary N) is 1. The summed E-state index contributed by atoms with van der Waals surface area (Å²) in [5.41, 5.74) is 2.08. The van der Waals surface area contributed by atoms with Crippen LogP contribution in [-0.2, 0) is 0 Å². The highest BCUT2D eigenvalue weighted by atomic mass is 16.5. The normalized spacial score (nSPS) is 10.3. The minimum absolute atomic E-state index is 0.141. The third-order valence-corrected chi connectivity index (χ3v) is 3.29. The Morgan fingerprint density at radius 2 is 1.57 bits per heavy atom. The van der Waals surface area contributed by atoms with Crippen molar-refractivity contribution in [3.63, 3.8) is 0 Å². The first kappa shape index (κ1) is 14.8. The third-order valence-electron chi connectivity index (χ3n) is 3.29. The molecule has 23 heavy (non-hydrogen) atoms. The van der Waals surface area contributed by atoms with Gasteiger partial charge in [0.15, 0.2) is 5.69 Å². The molecule has 1 N–H and O–H groups in total. The number of aromatic nitrogens is 2. The van der Waals surface area contributed by atoms with Crippen LogP contribution in [0.2, 0.25) is 0 Å². The Kier molecular flexibility index (Phi) is 4.05. The van der Waals surface area contributed by atoms with Gasteiger partial charge >= 0.3 is 0 Å². The summed E-state index contributed by atoms with van der Waals surface area (Å²) in [6.07, 6.45) is 0. The second-order valence-corrected chi connectivity index (χ2v) is 4.75. The van der Waals surface area contributed by atoms with Crippen LogP contribution >= 0.6 is 0 Å². The molecule has 6 nitrogen and oxygen atoms in total. The van der Waals surface area contributed by atoms with E-state index in [0.717, 1.165) is 0 Å². The largest absolute Gasteiger partial charge is 0.497 e. The molecule has 3 aromatic rings. The smallest absolute Gasteiger partial charge is 0.279 e. The van der Waals surface area contributed by atoms with Gasteiger partial charge in [0.25, 0.3) is 5.91 Å². The van der Waals surface area contributed by atoms with Crippen molar-refractivity contribution in [2.45, 2.75) is 0 Å². The molecule has 1 heterocycles. The fraction of sp³-hybridized carbons (Fsp3) is 0.118. The molecule has 1 amide bonds. The summed E-state index contributed by atoms with van der Waals surface area (Å²) < 4.78 is 10.3. The lowest BCUT2D eigenvalue weighted by Gasteiger charge is -2.09. The maximum Gasteiger partial charge on any atom is 0.279 e. The molecule has 6 heteroatoms. The standard InChI is InChI=1S/C17H15N3O3/c1-22-12-9-7-11(8-10-12)18-16(21)15-17(23-2)20-14-6-4-3-5-13(14)19-15/h3-10H,1-2H3,(H,18,21). The van der Waals surface area contributed by atoms with Gasteiger partial charge in [0.2, 0.25) is 5.88 Å². The number of amides is 1. The Hall–Kier alpha value is -3.15. The van der Waals surface area contributed by atoms with Crippen LogP contribution in [0.1, 0.15) is 10.5 Å². The van der Waals surface area contributed by atoms with Gasteiger partial charge in [-0.15, -0.1) is 0 Å². The van der Waals surface area contributed by atoms with Crippen LogP contribution in [0.3, 0.4) is 0 Å². The first-order valence-electron chi connectivity index (χ1n) is 6.97. The quantitative estimate of drug-likeness (QED) is 0.802. The highest BCUT2D eigenvalue weighted by Gasteiger charge is 2.17. The number of para-hydroxylation sites is 2. The number of anilines is 1. The average Bonchev–Trinajstić information content (AvgIpc) is 2.61. The van der Waals surface area contributed by atoms with E-state index >= 15 is 0 Å². The van der Waals surface area contributed by atoms with Gasteiger partial charge < -0.3 is 14.8 Å². The van der Waals surface area contributed by atoms with Crippen molar-refractivity contribution < 1.29 is 14.3 Å². The lowest BCUT2D eigenvalue weighted by molar-refractivity contribution is 0.101. The minimum Gasteiger partial charge on any atom is -0.497 e. The number of carbonyl (C=O) groups is 1. The number of carbonyl (C=O) groups excluding carboxylic acids is 1. The molecule has 0 saturated heterocycles. The molecular formula is C17H15N3O3. The van der Waals surface area contributed by atoms with Crippen molar-refractivity contribution in [2.75, 3.05) is 19.5 Å². The van der Waals surface area contributed by atoms with Gasteiger partial charge in [0.05, 0.1) is 25.3 Å². The van der Waals surface area contributed by atoms with Crippen molar-refractivity contribution in [3.05, 3.63) is 54.2 Å². The summed E-state index contributed by atoms with van der Waals surface area (Å²) in [7, 11) is 3.05. The number of rotatable bonds is 4. The summed E-state index contributed by atoms with van der Waals surface area (Å²) in [5, 5.41) is 2.77. The van der Waals surface area contributed by atoms with Gasteiger partial charge in [-0.25, -0.2) is 9.97 Å². The highest BCUT2D eigenvalue weighted by Crippen LogP contribution is 2.21. The zero-order chi connectivity index (χ0) is 16.2. The van der Waals surface area contributed by atoms with E-state index in [9.17, 15) is 4.79 Å². The predicted octanol–water partition coefficient (Wildman–Crippen LogP) is 2.90. The number of methoxy groups -OCH3 is 2. The van der Waals surface area contributed by atoms with Crippen LogP contribution in [-0.4, -0.2) is 30.1 Å². The fourth-order valence-electron chi connectivity index (χ4n) is 2.14. The van der Waals surface area contributed by atoms with Crippen LogP contribution in [0.5, 0.6) is 11.6 Å². The zero-order valence-corrected chi connectivity index (χ0v) is 12.7. The highest BCUT2D eigenvalue weighted by molar-refractivity contribution is 6.05. The Morgan fingerprint density at radius 3 is 2.17 bits per heavy atom. The molecule has 0 aliphatic heterocycles. The number of ether oxygens (including phenoxy) is 2. The van der Waals surface area contributed by atoms with E-state index in [1.807, 2.05) is 18.2 Å². The monoisotopic (exact) mass is 309 g/mol. The number of nitrogens with zero attached hydrogens (tertiary/aromatic N) is 2. The molecule has 116 valence electrons. The molecule has 0 unspecified atom stereocenters. The summed E-state index contributed by atoms with van der Waals surface area (Å²) in [6.45, 7) is 0. The predicted molar refractivity (Wildman–Crippen MR) is 87.0 cm³/mol. The maximum atomic E-state index is 12.5. The molecule has 2 aromatic carbocycles. The Labute approximate surface area is 133 Å². The second kappa shape index (κ2) is 6.31. The zero-order valence-electron chi connectivity index (χ0n) is 12.7. The number of hydrogen-bond acceptors (Lipinski definition) is 5. The molecule has 0 spiro atoms. The van der Waals surface area contributed by atoms with Crippen LogP contribution in [0.25, 0.3) is 11.0 Å². The molecule has 0 aliphatic rings. The first-order valence-corrected chi connectivity index (χ1v) is 6.97.